The van der Waals surface area contributed by atoms with E-state index in [9.17, 15) is 0 Å². The van der Waals surface area contributed by atoms with Crippen molar-refractivity contribution in [2.75, 3.05) is 32.1 Å². The van der Waals surface area contributed by atoms with Crippen LogP contribution in [0.5, 0.6) is 0 Å². The average Bonchev–Trinajstić information content (AvgIpc) is 3.20. The maximum atomic E-state index is 5.51. The number of hydrogen-bond donors (Lipinski definition) is 1. The second-order valence-corrected chi connectivity index (χ2v) is 6.14. The Balaban J connectivity index is 1.89. The van der Waals surface area contributed by atoms with E-state index in [0.29, 0.717) is 5.41 Å². The lowest BCUT2D eigenvalue weighted by atomic mass is 9.81. The summed E-state index contributed by atoms with van der Waals surface area (Å²) in [6, 6.07) is 0.890. The molecule has 3 heteroatoms. The molecule has 0 N–H and O–H groups in total. The third kappa shape index (κ3) is 3.87. The molecule has 1 saturated carbocycles. The van der Waals surface area contributed by atoms with Crippen LogP contribution in [0, 0.1) is 5.41 Å². The van der Waals surface area contributed by atoms with E-state index in [-0.39, 0.29) is 0 Å². The minimum atomic E-state index is 0.428. The molecular weight excluding hydrogens is 230 g/mol. The van der Waals surface area contributed by atoms with Gasteiger partial charge in [-0.25, -0.2) is 0 Å². The third-order valence-corrected chi connectivity index (χ3v) is 4.96. The lowest BCUT2D eigenvalue weighted by Gasteiger charge is -2.40. The van der Waals surface area contributed by atoms with E-state index in [0.717, 1.165) is 25.0 Å². The van der Waals surface area contributed by atoms with Crippen LogP contribution in [0.2, 0.25) is 0 Å². The number of nitrogens with zero attached hydrogens (tertiary/aromatic N) is 1. The first-order valence-corrected chi connectivity index (χ1v) is 7.85. The van der Waals surface area contributed by atoms with Gasteiger partial charge in [-0.2, -0.15) is 12.6 Å². The zero-order valence-corrected chi connectivity index (χ0v) is 12.1. The van der Waals surface area contributed by atoms with Gasteiger partial charge in [0.05, 0.1) is 0 Å². The summed E-state index contributed by atoms with van der Waals surface area (Å²) in [5.41, 5.74) is 0.428. The fourth-order valence-electron chi connectivity index (χ4n) is 2.79. The number of unbranched alkanes of at least 4 members (excludes halogenated alkanes) is 1. The molecule has 0 aromatic carbocycles. The quantitative estimate of drug-likeness (QED) is 0.704. The van der Waals surface area contributed by atoms with Crippen molar-refractivity contribution in [3.63, 3.8) is 0 Å². The van der Waals surface area contributed by atoms with Crippen molar-refractivity contribution in [3.05, 3.63) is 0 Å². The molecule has 2 fully saturated rings. The van der Waals surface area contributed by atoms with Crippen LogP contribution in [0.15, 0.2) is 0 Å². The van der Waals surface area contributed by atoms with Gasteiger partial charge in [0.1, 0.15) is 0 Å². The summed E-state index contributed by atoms with van der Waals surface area (Å²) in [6.07, 6.45) is 7.89. The maximum Gasteiger partial charge on any atom is 0.0472 e. The van der Waals surface area contributed by atoms with E-state index in [1.807, 2.05) is 0 Å². The lowest BCUT2D eigenvalue weighted by Crippen LogP contribution is -2.44. The largest absolute Gasteiger partial charge is 0.381 e. The number of hydrogen-bond acceptors (Lipinski definition) is 3. The summed E-state index contributed by atoms with van der Waals surface area (Å²) in [5, 5.41) is 0. The summed E-state index contributed by atoms with van der Waals surface area (Å²) in [4.78, 5) is 2.74. The Morgan fingerprint density at radius 1 is 1.29 bits per heavy atom. The molecule has 0 spiro atoms. The highest BCUT2D eigenvalue weighted by Gasteiger charge is 2.37. The van der Waals surface area contributed by atoms with Crippen LogP contribution in [0.3, 0.4) is 0 Å². The minimum Gasteiger partial charge on any atom is -0.381 e. The Morgan fingerprint density at radius 3 is 2.53 bits per heavy atom. The molecule has 17 heavy (non-hydrogen) atoms. The van der Waals surface area contributed by atoms with Crippen molar-refractivity contribution >= 4 is 12.6 Å². The molecular formula is C14H27NOS. The Kier molecular flexibility index (Phi) is 5.19. The highest BCUT2D eigenvalue weighted by Crippen LogP contribution is 2.36. The average molecular weight is 257 g/mol. The Hall–Kier alpha value is 0.270. The van der Waals surface area contributed by atoms with E-state index in [1.165, 1.54) is 51.6 Å². The summed E-state index contributed by atoms with van der Waals surface area (Å²) in [5.74, 6) is 1.02. The van der Waals surface area contributed by atoms with Crippen LogP contribution in [0.1, 0.15) is 45.4 Å². The number of ether oxygens (including phenoxy) is 1. The van der Waals surface area contributed by atoms with Gasteiger partial charge in [0, 0.05) is 25.8 Å². The van der Waals surface area contributed by atoms with Gasteiger partial charge in [-0.05, 0) is 49.8 Å². The van der Waals surface area contributed by atoms with E-state index < -0.39 is 0 Å². The monoisotopic (exact) mass is 257 g/mol. The summed E-state index contributed by atoms with van der Waals surface area (Å²) in [7, 11) is 0. The zero-order valence-electron chi connectivity index (χ0n) is 11.2. The van der Waals surface area contributed by atoms with Gasteiger partial charge < -0.3 is 4.74 Å². The van der Waals surface area contributed by atoms with Crippen molar-refractivity contribution in [1.29, 1.82) is 0 Å². The van der Waals surface area contributed by atoms with Gasteiger partial charge in [0.2, 0.25) is 0 Å². The molecule has 100 valence electrons. The highest BCUT2D eigenvalue weighted by molar-refractivity contribution is 7.80. The van der Waals surface area contributed by atoms with Gasteiger partial charge in [-0.1, -0.05) is 13.3 Å². The standard InChI is InChI=1S/C14H27NOS/c1-2-3-8-15(13-4-5-13)11-14(12-17)6-9-16-10-7-14/h13,17H,2-12H2,1H3. The van der Waals surface area contributed by atoms with Crippen molar-refractivity contribution in [2.24, 2.45) is 5.41 Å². The molecule has 0 radical (unpaired) electrons. The van der Waals surface area contributed by atoms with Crippen LogP contribution >= 0.6 is 12.6 Å². The molecule has 2 rings (SSSR count). The van der Waals surface area contributed by atoms with E-state index >= 15 is 0 Å². The predicted molar refractivity (Wildman–Crippen MR) is 75.8 cm³/mol. The van der Waals surface area contributed by atoms with Crippen LogP contribution in [-0.4, -0.2) is 43.0 Å². The summed E-state index contributed by atoms with van der Waals surface area (Å²) in [6.45, 7) is 6.70. The van der Waals surface area contributed by atoms with Crippen molar-refractivity contribution in [2.45, 2.75) is 51.5 Å². The van der Waals surface area contributed by atoms with E-state index in [1.54, 1.807) is 0 Å². The van der Waals surface area contributed by atoms with Crippen LogP contribution in [0.25, 0.3) is 0 Å². The molecule has 2 nitrogen and oxygen atoms in total. The summed E-state index contributed by atoms with van der Waals surface area (Å²) < 4.78 is 5.51. The molecule has 0 bridgehead atoms. The first-order valence-electron chi connectivity index (χ1n) is 7.22. The maximum absolute atomic E-state index is 5.51. The van der Waals surface area contributed by atoms with Gasteiger partial charge in [-0.15, -0.1) is 0 Å². The second-order valence-electron chi connectivity index (χ2n) is 5.83. The highest BCUT2D eigenvalue weighted by atomic mass is 32.1. The fraction of sp³-hybridized carbons (Fsp3) is 1.00. The van der Waals surface area contributed by atoms with Gasteiger partial charge in [0.15, 0.2) is 0 Å². The molecule has 0 aromatic rings. The van der Waals surface area contributed by atoms with Crippen molar-refractivity contribution in [1.82, 2.24) is 4.90 Å². The van der Waals surface area contributed by atoms with Gasteiger partial charge >= 0.3 is 0 Å². The first-order chi connectivity index (χ1) is 8.29. The molecule has 2 aliphatic rings. The third-order valence-electron chi connectivity index (χ3n) is 4.29. The van der Waals surface area contributed by atoms with Crippen LogP contribution in [0.4, 0.5) is 0 Å². The van der Waals surface area contributed by atoms with E-state index in [2.05, 4.69) is 24.5 Å². The fourth-order valence-corrected chi connectivity index (χ4v) is 3.21. The normalized spacial score (nSPS) is 24.2. The second kappa shape index (κ2) is 6.44. The summed E-state index contributed by atoms with van der Waals surface area (Å²) >= 11 is 4.62. The first kappa shape index (κ1) is 13.7. The van der Waals surface area contributed by atoms with Crippen molar-refractivity contribution in [3.8, 4) is 0 Å². The molecule has 0 atom stereocenters. The zero-order chi connectivity index (χ0) is 12.1. The Bertz CT molecular complexity index is 224. The molecule has 0 unspecified atom stereocenters. The lowest BCUT2D eigenvalue weighted by molar-refractivity contribution is 0.00606. The minimum absolute atomic E-state index is 0.428. The van der Waals surface area contributed by atoms with E-state index in [4.69, 9.17) is 4.74 Å². The molecule has 1 saturated heterocycles. The van der Waals surface area contributed by atoms with Crippen LogP contribution < -0.4 is 0 Å². The topological polar surface area (TPSA) is 12.5 Å². The smallest absolute Gasteiger partial charge is 0.0472 e. The number of rotatable bonds is 7. The molecule has 1 aliphatic heterocycles. The molecule has 1 aliphatic carbocycles. The number of thiol groups is 1. The SMILES string of the molecule is CCCCN(CC1(CS)CCOCC1)C1CC1. The molecule has 0 aromatic heterocycles. The predicted octanol–water partition coefficient (Wildman–Crippen LogP) is 2.98. The molecule has 0 amide bonds. The van der Waals surface area contributed by atoms with Crippen molar-refractivity contribution < 1.29 is 4.74 Å². The van der Waals surface area contributed by atoms with Gasteiger partial charge in [-0.3, -0.25) is 4.90 Å². The van der Waals surface area contributed by atoms with Crippen LogP contribution in [-0.2, 0) is 4.74 Å². The Morgan fingerprint density at radius 2 is 2.00 bits per heavy atom. The Labute approximate surface area is 112 Å². The van der Waals surface area contributed by atoms with Gasteiger partial charge in [0.25, 0.3) is 0 Å². The molecule has 1 heterocycles.